The Morgan fingerprint density at radius 1 is 1.67 bits per heavy atom. The highest BCUT2D eigenvalue weighted by molar-refractivity contribution is 7.99. The fourth-order valence-corrected chi connectivity index (χ4v) is 3.47. The van der Waals surface area contributed by atoms with Crippen LogP contribution in [0.5, 0.6) is 0 Å². The molecular weight excluding hydrogens is 284 g/mol. The third-order valence-corrected chi connectivity index (χ3v) is 4.63. The van der Waals surface area contributed by atoms with Crippen molar-refractivity contribution in [2.75, 3.05) is 5.75 Å². The Morgan fingerprint density at radius 2 is 2.52 bits per heavy atom. The maximum Gasteiger partial charge on any atom is 0.213 e. The van der Waals surface area contributed by atoms with Gasteiger partial charge in [0.05, 0.1) is 23.8 Å². The fraction of sp³-hybridized carbons (Fsp3) is 0.250. The van der Waals surface area contributed by atoms with Crippen molar-refractivity contribution in [3.63, 3.8) is 0 Å². The van der Waals surface area contributed by atoms with E-state index in [0.717, 1.165) is 22.8 Å². The number of hydrogen-bond acceptors (Lipinski definition) is 4. The summed E-state index contributed by atoms with van der Waals surface area (Å²) in [6, 6.07) is 5.95. The van der Waals surface area contributed by atoms with Crippen molar-refractivity contribution in [3.8, 4) is 6.07 Å². The van der Waals surface area contributed by atoms with Crippen molar-refractivity contribution in [1.29, 1.82) is 5.26 Å². The van der Waals surface area contributed by atoms with Gasteiger partial charge in [0.15, 0.2) is 0 Å². The van der Waals surface area contributed by atoms with Crippen LogP contribution < -0.4 is 0 Å². The minimum atomic E-state index is -0.126. The van der Waals surface area contributed by atoms with Crippen LogP contribution >= 0.6 is 11.8 Å². The minimum Gasteiger partial charge on any atom is -0.472 e. The van der Waals surface area contributed by atoms with Crippen LogP contribution in [0.1, 0.15) is 34.1 Å². The second-order valence-corrected chi connectivity index (χ2v) is 5.91. The van der Waals surface area contributed by atoms with Gasteiger partial charge in [-0.2, -0.15) is 5.26 Å². The molecule has 1 aliphatic rings. The molecule has 1 unspecified atom stereocenters. The number of ketones is 1. The summed E-state index contributed by atoms with van der Waals surface area (Å²) in [5.74, 6) is 0.547. The molecule has 1 atom stereocenters. The summed E-state index contributed by atoms with van der Waals surface area (Å²) in [5.41, 5.74) is 2.14. The Kier molecular flexibility index (Phi) is 3.72. The standard InChI is InChI=1S/C16H14N2O2S/c1-2-7-21-14-8-13-11(9-17)3-5-18(13)15(14)16(19)12-4-6-20-10-12/h2,4,6,8,10-11H,1,3,5,7H2. The monoisotopic (exact) mass is 298 g/mol. The highest BCUT2D eigenvalue weighted by atomic mass is 32.2. The van der Waals surface area contributed by atoms with E-state index in [-0.39, 0.29) is 11.7 Å². The highest BCUT2D eigenvalue weighted by Gasteiger charge is 2.30. The summed E-state index contributed by atoms with van der Waals surface area (Å²) in [5, 5.41) is 9.23. The molecule has 0 saturated heterocycles. The minimum absolute atomic E-state index is 0.0554. The zero-order chi connectivity index (χ0) is 14.8. The molecule has 3 rings (SSSR count). The van der Waals surface area contributed by atoms with Crippen molar-refractivity contribution in [2.45, 2.75) is 23.8 Å². The smallest absolute Gasteiger partial charge is 0.213 e. The normalized spacial score (nSPS) is 16.4. The second-order valence-electron chi connectivity index (χ2n) is 4.84. The van der Waals surface area contributed by atoms with E-state index in [1.54, 1.807) is 23.9 Å². The van der Waals surface area contributed by atoms with Crippen molar-refractivity contribution < 1.29 is 9.21 Å². The van der Waals surface area contributed by atoms with Crippen LogP contribution in [0.3, 0.4) is 0 Å². The van der Waals surface area contributed by atoms with Crippen LogP contribution in [0.25, 0.3) is 0 Å². The third-order valence-electron chi connectivity index (χ3n) is 3.60. The van der Waals surface area contributed by atoms with Gasteiger partial charge in [0.1, 0.15) is 12.0 Å². The number of furan rings is 1. The summed E-state index contributed by atoms with van der Waals surface area (Å²) in [6.45, 7) is 4.42. The van der Waals surface area contributed by atoms with Gasteiger partial charge in [-0.3, -0.25) is 4.79 Å². The average molecular weight is 298 g/mol. The molecular formula is C16H14N2O2S. The van der Waals surface area contributed by atoms with Crippen LogP contribution in [-0.2, 0) is 6.54 Å². The lowest BCUT2D eigenvalue weighted by Crippen LogP contribution is -2.09. The molecule has 0 bridgehead atoms. The van der Waals surface area contributed by atoms with Crippen LogP contribution in [0.2, 0.25) is 0 Å². The second kappa shape index (κ2) is 5.66. The number of rotatable bonds is 5. The van der Waals surface area contributed by atoms with E-state index in [2.05, 4.69) is 12.6 Å². The molecule has 106 valence electrons. The lowest BCUT2D eigenvalue weighted by molar-refractivity contribution is 0.102. The number of aromatic nitrogens is 1. The Labute approximate surface area is 127 Å². The SMILES string of the molecule is C=CCSc1cc2n(c1C(=O)c1ccoc1)CCC2C#N. The molecule has 0 spiro atoms. The van der Waals surface area contributed by atoms with Crippen molar-refractivity contribution in [1.82, 2.24) is 4.57 Å². The predicted octanol–water partition coefficient (Wildman–Crippen LogP) is 3.60. The van der Waals surface area contributed by atoms with Gasteiger partial charge in [0.2, 0.25) is 5.78 Å². The molecule has 4 nitrogen and oxygen atoms in total. The van der Waals surface area contributed by atoms with E-state index in [4.69, 9.17) is 4.42 Å². The Balaban J connectivity index is 2.07. The molecule has 0 fully saturated rings. The van der Waals surface area contributed by atoms with E-state index in [0.29, 0.717) is 17.8 Å². The molecule has 0 aromatic carbocycles. The van der Waals surface area contributed by atoms with Gasteiger partial charge in [0.25, 0.3) is 0 Å². The lowest BCUT2D eigenvalue weighted by Gasteiger charge is -2.06. The van der Waals surface area contributed by atoms with Crippen molar-refractivity contribution in [2.24, 2.45) is 0 Å². The predicted molar refractivity (Wildman–Crippen MR) is 80.5 cm³/mol. The fourth-order valence-electron chi connectivity index (χ4n) is 2.63. The molecule has 2 aromatic rings. The molecule has 1 aliphatic heterocycles. The third kappa shape index (κ3) is 2.32. The number of fused-ring (bicyclic) bond motifs is 1. The molecule has 5 heteroatoms. The zero-order valence-electron chi connectivity index (χ0n) is 11.4. The first-order valence-electron chi connectivity index (χ1n) is 6.70. The maximum atomic E-state index is 12.7. The molecule has 0 saturated carbocycles. The maximum absolute atomic E-state index is 12.7. The first-order valence-corrected chi connectivity index (χ1v) is 7.68. The molecule has 0 aliphatic carbocycles. The number of hydrogen-bond donors (Lipinski definition) is 0. The number of thioether (sulfide) groups is 1. The number of carbonyl (C=O) groups excluding carboxylic acids is 1. The largest absolute Gasteiger partial charge is 0.472 e. The Bertz CT molecular complexity index is 722. The lowest BCUT2D eigenvalue weighted by atomic mass is 10.1. The van der Waals surface area contributed by atoms with Crippen molar-refractivity contribution in [3.05, 3.63) is 54.3 Å². The Morgan fingerprint density at radius 3 is 3.19 bits per heavy atom. The first kappa shape index (κ1) is 13.8. The molecule has 2 aromatic heterocycles. The van der Waals surface area contributed by atoms with Gasteiger partial charge in [-0.25, -0.2) is 0 Å². The molecule has 0 amide bonds. The summed E-state index contributed by atoms with van der Waals surface area (Å²) < 4.78 is 6.99. The molecule has 0 N–H and O–H groups in total. The highest BCUT2D eigenvalue weighted by Crippen LogP contribution is 2.37. The van der Waals surface area contributed by atoms with Crippen LogP contribution in [0, 0.1) is 11.3 Å². The van der Waals surface area contributed by atoms with Gasteiger partial charge < -0.3 is 8.98 Å². The summed E-state index contributed by atoms with van der Waals surface area (Å²) in [4.78, 5) is 13.6. The number of carbonyl (C=O) groups is 1. The number of nitrogens with zero attached hydrogens (tertiary/aromatic N) is 2. The van der Waals surface area contributed by atoms with Crippen LogP contribution in [-0.4, -0.2) is 16.1 Å². The van der Waals surface area contributed by atoms with E-state index < -0.39 is 0 Å². The average Bonchev–Trinajstić information content (AvgIpc) is 3.19. The summed E-state index contributed by atoms with van der Waals surface area (Å²) in [7, 11) is 0. The van der Waals surface area contributed by atoms with Gasteiger partial charge in [0, 0.05) is 22.9 Å². The van der Waals surface area contributed by atoms with Crippen molar-refractivity contribution >= 4 is 17.5 Å². The molecule has 0 radical (unpaired) electrons. The van der Waals surface area contributed by atoms with Gasteiger partial charge >= 0.3 is 0 Å². The zero-order valence-corrected chi connectivity index (χ0v) is 12.2. The van der Waals surface area contributed by atoms with E-state index in [1.807, 2.05) is 10.6 Å². The summed E-state index contributed by atoms with van der Waals surface area (Å²) >= 11 is 1.57. The summed E-state index contributed by atoms with van der Waals surface area (Å²) in [6.07, 6.45) is 5.53. The van der Waals surface area contributed by atoms with Crippen LogP contribution in [0.4, 0.5) is 0 Å². The first-order chi connectivity index (χ1) is 10.3. The van der Waals surface area contributed by atoms with E-state index >= 15 is 0 Å². The number of nitriles is 1. The molecule has 21 heavy (non-hydrogen) atoms. The van der Waals surface area contributed by atoms with Gasteiger partial charge in [-0.05, 0) is 18.6 Å². The van der Waals surface area contributed by atoms with Gasteiger partial charge in [-0.15, -0.1) is 18.3 Å². The van der Waals surface area contributed by atoms with E-state index in [1.165, 1.54) is 12.5 Å². The van der Waals surface area contributed by atoms with E-state index in [9.17, 15) is 10.1 Å². The Hall–Kier alpha value is -2.19. The van der Waals surface area contributed by atoms with Crippen LogP contribution in [0.15, 0.2) is 46.6 Å². The topological polar surface area (TPSA) is 58.9 Å². The molecule has 3 heterocycles. The quantitative estimate of drug-likeness (QED) is 0.481. The van der Waals surface area contributed by atoms with Gasteiger partial charge in [-0.1, -0.05) is 6.08 Å².